The molecule has 0 radical (unpaired) electrons. The van der Waals surface area contributed by atoms with Crippen LogP contribution in [0, 0.1) is 5.92 Å². The summed E-state index contributed by atoms with van der Waals surface area (Å²) in [7, 11) is 0. The number of carbonyl (C=O) groups excluding carboxylic acids is 2. The van der Waals surface area contributed by atoms with Crippen molar-refractivity contribution in [1.82, 2.24) is 0 Å². The van der Waals surface area contributed by atoms with Crippen molar-refractivity contribution < 1.29 is 34.0 Å². The van der Waals surface area contributed by atoms with Crippen molar-refractivity contribution in [3.8, 4) is 11.5 Å². The third-order valence-corrected chi connectivity index (χ3v) is 6.42. The van der Waals surface area contributed by atoms with E-state index in [1.54, 1.807) is 84.9 Å². The predicted octanol–water partition coefficient (Wildman–Crippen LogP) is 3.70. The molecule has 0 bridgehead atoms. The van der Waals surface area contributed by atoms with Gasteiger partial charge in [0, 0.05) is 5.92 Å². The van der Waals surface area contributed by atoms with Crippen molar-refractivity contribution in [3.05, 3.63) is 108 Å². The van der Waals surface area contributed by atoms with Crippen molar-refractivity contribution >= 4 is 11.9 Å². The highest BCUT2D eigenvalue weighted by Crippen LogP contribution is 2.44. The summed E-state index contributed by atoms with van der Waals surface area (Å²) in [6.45, 7) is -0.154. The van der Waals surface area contributed by atoms with E-state index in [1.807, 2.05) is 0 Å². The fourth-order valence-electron chi connectivity index (χ4n) is 4.58. The van der Waals surface area contributed by atoms with Crippen LogP contribution in [-0.4, -0.2) is 46.6 Å². The van der Waals surface area contributed by atoms with Gasteiger partial charge in [0.15, 0.2) is 5.60 Å². The molecular formula is C28H24O7. The fraction of sp³-hybridized carbons (Fsp3) is 0.214. The second-order valence-corrected chi connectivity index (χ2v) is 8.69. The molecule has 7 heteroatoms. The molecule has 35 heavy (non-hydrogen) atoms. The van der Waals surface area contributed by atoms with Crippen LogP contribution in [0.4, 0.5) is 0 Å². The molecule has 1 aliphatic carbocycles. The molecule has 1 heterocycles. The molecule has 0 saturated carbocycles. The first kappa shape index (κ1) is 22.7. The molecule has 0 aromatic heterocycles. The Morgan fingerprint density at radius 2 is 1.60 bits per heavy atom. The molecule has 4 atom stereocenters. The molecule has 3 aromatic carbocycles. The maximum Gasteiger partial charge on any atom is 0.338 e. The number of fused-ring (bicyclic) bond motifs is 2. The predicted molar refractivity (Wildman–Crippen MR) is 126 cm³/mol. The lowest BCUT2D eigenvalue weighted by Crippen LogP contribution is -2.59. The number of aliphatic hydroxyl groups is 1. The molecule has 0 amide bonds. The van der Waals surface area contributed by atoms with E-state index in [1.165, 1.54) is 6.07 Å². The highest BCUT2D eigenvalue weighted by Gasteiger charge is 2.52. The molecule has 2 aliphatic rings. The number of aromatic hydroxyl groups is 1. The zero-order valence-corrected chi connectivity index (χ0v) is 18.7. The van der Waals surface area contributed by atoms with Crippen molar-refractivity contribution in [2.75, 3.05) is 6.61 Å². The minimum absolute atomic E-state index is 0.0725. The number of rotatable bonds is 5. The molecular weight excluding hydrogens is 448 g/mol. The monoisotopic (exact) mass is 472 g/mol. The van der Waals surface area contributed by atoms with E-state index in [0.29, 0.717) is 28.9 Å². The second kappa shape index (κ2) is 9.27. The van der Waals surface area contributed by atoms with Gasteiger partial charge < -0.3 is 24.4 Å². The van der Waals surface area contributed by atoms with E-state index in [2.05, 4.69) is 0 Å². The van der Waals surface area contributed by atoms with Crippen LogP contribution in [0.1, 0.15) is 26.3 Å². The van der Waals surface area contributed by atoms with Gasteiger partial charge in [0.25, 0.3) is 0 Å². The number of phenols is 1. The lowest BCUT2D eigenvalue weighted by molar-refractivity contribution is -0.107. The lowest BCUT2D eigenvalue weighted by Gasteiger charge is -2.47. The molecule has 2 N–H and O–H groups in total. The van der Waals surface area contributed by atoms with E-state index >= 15 is 0 Å². The summed E-state index contributed by atoms with van der Waals surface area (Å²) in [5.41, 5.74) is 0.291. The first-order chi connectivity index (χ1) is 16.9. The maximum atomic E-state index is 12.6. The third kappa shape index (κ3) is 4.50. The van der Waals surface area contributed by atoms with Crippen molar-refractivity contribution in [3.63, 3.8) is 0 Å². The van der Waals surface area contributed by atoms with Gasteiger partial charge in [-0.05, 0) is 66.6 Å². The average Bonchev–Trinajstić information content (AvgIpc) is 2.89. The van der Waals surface area contributed by atoms with Crippen molar-refractivity contribution in [2.24, 2.45) is 5.92 Å². The summed E-state index contributed by atoms with van der Waals surface area (Å²) in [5.74, 6) is -1.09. The van der Waals surface area contributed by atoms with Crippen LogP contribution in [0.25, 0.3) is 0 Å². The quantitative estimate of drug-likeness (QED) is 0.431. The Morgan fingerprint density at radius 3 is 2.29 bits per heavy atom. The van der Waals surface area contributed by atoms with Crippen LogP contribution in [-0.2, 0) is 15.9 Å². The number of ether oxygens (including phenoxy) is 3. The van der Waals surface area contributed by atoms with Crippen LogP contribution in [0.15, 0.2) is 91.0 Å². The van der Waals surface area contributed by atoms with E-state index in [4.69, 9.17) is 14.2 Å². The maximum absolute atomic E-state index is 12.6. The minimum Gasteiger partial charge on any atom is -0.508 e. The minimum atomic E-state index is -1.18. The van der Waals surface area contributed by atoms with Crippen molar-refractivity contribution in [2.45, 2.75) is 24.2 Å². The van der Waals surface area contributed by atoms with Gasteiger partial charge in [-0.1, -0.05) is 36.4 Å². The van der Waals surface area contributed by atoms with Gasteiger partial charge >= 0.3 is 11.9 Å². The standard InChI is InChI=1S/C28H24O7/c29-21-11-12-23-20(15-21)16-22-25(30)24(34-27(32)19-9-5-2-6-10-19)13-14-28(22,35-23)17-33-26(31)18-7-3-1-4-8-18/h1-15,22,24-25,29-30H,16-17H2/t22-,24-,25+,28+/m0/s1. The third-order valence-electron chi connectivity index (χ3n) is 6.42. The number of esters is 2. The van der Waals surface area contributed by atoms with Gasteiger partial charge in [-0.3, -0.25) is 0 Å². The summed E-state index contributed by atoms with van der Waals surface area (Å²) in [6, 6.07) is 21.9. The number of benzene rings is 3. The first-order valence-corrected chi connectivity index (χ1v) is 11.3. The average molecular weight is 472 g/mol. The lowest BCUT2D eigenvalue weighted by atomic mass is 9.72. The van der Waals surface area contributed by atoms with Gasteiger partial charge in [0.2, 0.25) is 0 Å². The second-order valence-electron chi connectivity index (χ2n) is 8.69. The van der Waals surface area contributed by atoms with Crippen LogP contribution in [0.5, 0.6) is 11.5 Å². The number of aliphatic hydroxyl groups excluding tert-OH is 1. The van der Waals surface area contributed by atoms with Crippen LogP contribution < -0.4 is 4.74 Å². The van der Waals surface area contributed by atoms with Gasteiger partial charge in [0.1, 0.15) is 30.3 Å². The highest BCUT2D eigenvalue weighted by molar-refractivity contribution is 5.90. The summed E-state index contributed by atoms with van der Waals surface area (Å²) < 4.78 is 17.5. The summed E-state index contributed by atoms with van der Waals surface area (Å²) in [6.07, 6.45) is 1.52. The summed E-state index contributed by atoms with van der Waals surface area (Å²) >= 11 is 0. The largest absolute Gasteiger partial charge is 0.508 e. The fourth-order valence-corrected chi connectivity index (χ4v) is 4.58. The molecule has 0 unspecified atom stereocenters. The first-order valence-electron chi connectivity index (χ1n) is 11.3. The smallest absolute Gasteiger partial charge is 0.338 e. The molecule has 178 valence electrons. The Bertz CT molecular complexity index is 1250. The van der Waals surface area contributed by atoms with Gasteiger partial charge in [-0.2, -0.15) is 0 Å². The summed E-state index contributed by atoms with van der Waals surface area (Å²) in [5, 5.41) is 21.2. The van der Waals surface area contributed by atoms with E-state index in [-0.39, 0.29) is 12.4 Å². The Balaban J connectivity index is 1.42. The van der Waals surface area contributed by atoms with Gasteiger partial charge in [-0.15, -0.1) is 0 Å². The number of hydrogen-bond donors (Lipinski definition) is 2. The van der Waals surface area contributed by atoms with Crippen molar-refractivity contribution in [1.29, 1.82) is 0 Å². The number of phenolic OH excluding ortho intramolecular Hbond substituents is 1. The Labute approximate surface area is 202 Å². The molecule has 3 aromatic rings. The Kier molecular flexibility index (Phi) is 6.01. The van der Waals surface area contributed by atoms with E-state index in [9.17, 15) is 19.8 Å². The van der Waals surface area contributed by atoms with Crippen LogP contribution >= 0.6 is 0 Å². The zero-order valence-electron chi connectivity index (χ0n) is 18.7. The topological polar surface area (TPSA) is 102 Å². The van der Waals surface area contributed by atoms with E-state index in [0.717, 1.165) is 0 Å². The molecule has 1 aliphatic heterocycles. The number of carbonyl (C=O) groups is 2. The van der Waals surface area contributed by atoms with Crippen LogP contribution in [0.3, 0.4) is 0 Å². The molecule has 5 rings (SSSR count). The highest BCUT2D eigenvalue weighted by atomic mass is 16.6. The molecule has 0 saturated heterocycles. The Hall–Kier alpha value is -4.10. The summed E-state index contributed by atoms with van der Waals surface area (Å²) in [4.78, 5) is 25.2. The molecule has 0 spiro atoms. The zero-order chi connectivity index (χ0) is 24.4. The molecule has 7 nitrogen and oxygen atoms in total. The van der Waals surface area contributed by atoms with Gasteiger partial charge in [0.05, 0.1) is 11.1 Å². The normalized spacial score (nSPS) is 24.4. The molecule has 0 fully saturated rings. The van der Waals surface area contributed by atoms with E-state index < -0.39 is 35.7 Å². The Morgan fingerprint density at radius 1 is 0.943 bits per heavy atom. The SMILES string of the molecule is O=C(OC[C@]12C=C[C@H](OC(=O)c3ccccc3)[C@H](O)[C@@H]1Cc1cc(O)ccc1O2)c1ccccc1. The number of hydrogen-bond acceptors (Lipinski definition) is 7. The van der Waals surface area contributed by atoms with Crippen LogP contribution in [0.2, 0.25) is 0 Å². The van der Waals surface area contributed by atoms with Gasteiger partial charge in [-0.25, -0.2) is 9.59 Å².